The fourth-order valence-corrected chi connectivity index (χ4v) is 7.32. The standard InChI is InChI=1S/C47H31N5/c1-4-13-32(14-5-1)33-23-26-38(27-24-33)51-30-29-34-25-28-41-40-21-10-11-22-42(40)52(44(41)43(34)51)39-20-12-19-37(31-39)47-49-45(35-15-6-2-7-16-35)48-46(50-47)36-17-8-3-9-18-36/h1-31H. The third-order valence-electron chi connectivity index (χ3n) is 9.80. The molecule has 5 heteroatoms. The first-order chi connectivity index (χ1) is 25.8. The van der Waals surface area contributed by atoms with Crippen molar-refractivity contribution >= 4 is 32.7 Å². The number of para-hydroxylation sites is 1. The summed E-state index contributed by atoms with van der Waals surface area (Å²) >= 11 is 0. The predicted molar refractivity (Wildman–Crippen MR) is 213 cm³/mol. The van der Waals surface area contributed by atoms with Crippen LogP contribution in [0.3, 0.4) is 0 Å². The fourth-order valence-electron chi connectivity index (χ4n) is 7.32. The second-order valence-corrected chi connectivity index (χ2v) is 12.9. The van der Waals surface area contributed by atoms with Crippen molar-refractivity contribution in [1.29, 1.82) is 0 Å². The van der Waals surface area contributed by atoms with Gasteiger partial charge in [-0.3, -0.25) is 0 Å². The number of aromatic nitrogens is 5. The van der Waals surface area contributed by atoms with Gasteiger partial charge in [0.2, 0.25) is 0 Å². The largest absolute Gasteiger partial charge is 0.315 e. The zero-order valence-corrected chi connectivity index (χ0v) is 28.1. The van der Waals surface area contributed by atoms with Crippen molar-refractivity contribution in [1.82, 2.24) is 24.1 Å². The molecule has 0 atom stereocenters. The molecule has 0 spiro atoms. The second kappa shape index (κ2) is 12.3. The Labute approximate surface area is 300 Å². The Balaban J connectivity index is 1.17. The van der Waals surface area contributed by atoms with Gasteiger partial charge in [0, 0.05) is 50.4 Å². The van der Waals surface area contributed by atoms with Crippen LogP contribution in [-0.2, 0) is 0 Å². The van der Waals surface area contributed by atoms with Crippen molar-refractivity contribution in [2.45, 2.75) is 0 Å². The van der Waals surface area contributed by atoms with Gasteiger partial charge in [-0.25, -0.2) is 15.0 Å². The minimum absolute atomic E-state index is 0.627. The van der Waals surface area contributed by atoms with E-state index in [-0.39, 0.29) is 0 Å². The minimum atomic E-state index is 0.627. The van der Waals surface area contributed by atoms with Gasteiger partial charge in [-0.05, 0) is 47.5 Å². The Hall–Kier alpha value is -7.11. The summed E-state index contributed by atoms with van der Waals surface area (Å²) in [5, 5.41) is 3.58. The number of fused-ring (bicyclic) bond motifs is 5. The van der Waals surface area contributed by atoms with Crippen LogP contribution in [0.2, 0.25) is 0 Å². The summed E-state index contributed by atoms with van der Waals surface area (Å²) in [6.45, 7) is 0. The van der Waals surface area contributed by atoms with Gasteiger partial charge in [-0.15, -0.1) is 0 Å². The maximum absolute atomic E-state index is 5.04. The van der Waals surface area contributed by atoms with E-state index in [1.54, 1.807) is 0 Å². The first-order valence-corrected chi connectivity index (χ1v) is 17.5. The molecule has 10 rings (SSSR count). The van der Waals surface area contributed by atoms with Crippen LogP contribution in [0.5, 0.6) is 0 Å². The molecule has 10 aromatic rings. The van der Waals surface area contributed by atoms with E-state index >= 15 is 0 Å². The molecule has 0 unspecified atom stereocenters. The minimum Gasteiger partial charge on any atom is -0.315 e. The number of hydrogen-bond donors (Lipinski definition) is 0. The number of benzene rings is 7. The molecule has 3 heterocycles. The highest BCUT2D eigenvalue weighted by Crippen LogP contribution is 2.39. The topological polar surface area (TPSA) is 48.5 Å². The lowest BCUT2D eigenvalue weighted by atomic mass is 10.1. The highest BCUT2D eigenvalue weighted by Gasteiger charge is 2.19. The Morgan fingerprint density at radius 1 is 0.346 bits per heavy atom. The summed E-state index contributed by atoms with van der Waals surface area (Å²) < 4.78 is 4.71. The highest BCUT2D eigenvalue weighted by atomic mass is 15.0. The Bertz CT molecular complexity index is 2810. The molecule has 0 saturated heterocycles. The van der Waals surface area contributed by atoms with Crippen LogP contribution in [0.1, 0.15) is 0 Å². The highest BCUT2D eigenvalue weighted by molar-refractivity contribution is 6.18. The molecular weight excluding hydrogens is 635 g/mol. The summed E-state index contributed by atoms with van der Waals surface area (Å²) in [7, 11) is 0. The van der Waals surface area contributed by atoms with Crippen molar-refractivity contribution in [3.8, 4) is 56.7 Å². The van der Waals surface area contributed by atoms with E-state index in [0.717, 1.165) is 44.6 Å². The Morgan fingerprint density at radius 3 is 1.58 bits per heavy atom. The summed E-state index contributed by atoms with van der Waals surface area (Å²) in [5.74, 6) is 1.91. The van der Waals surface area contributed by atoms with Crippen LogP contribution < -0.4 is 0 Å². The van der Waals surface area contributed by atoms with Crippen molar-refractivity contribution in [3.63, 3.8) is 0 Å². The molecule has 0 radical (unpaired) electrons. The lowest BCUT2D eigenvalue weighted by Crippen LogP contribution is -2.01. The van der Waals surface area contributed by atoms with E-state index in [2.05, 4.69) is 137 Å². The molecule has 0 aliphatic carbocycles. The van der Waals surface area contributed by atoms with Gasteiger partial charge in [-0.2, -0.15) is 0 Å². The molecule has 0 fully saturated rings. The van der Waals surface area contributed by atoms with Crippen molar-refractivity contribution < 1.29 is 0 Å². The Kier molecular flexibility index (Phi) is 7.07. The quantitative estimate of drug-likeness (QED) is 0.178. The molecule has 244 valence electrons. The average molecular weight is 666 g/mol. The normalized spacial score (nSPS) is 11.5. The van der Waals surface area contributed by atoms with E-state index in [1.165, 1.54) is 27.3 Å². The zero-order chi connectivity index (χ0) is 34.4. The lowest BCUT2D eigenvalue weighted by Gasteiger charge is -2.13. The molecule has 52 heavy (non-hydrogen) atoms. The van der Waals surface area contributed by atoms with Gasteiger partial charge in [0.1, 0.15) is 0 Å². The first kappa shape index (κ1) is 29.8. The molecule has 0 aliphatic heterocycles. The van der Waals surface area contributed by atoms with E-state index in [1.807, 2.05) is 60.7 Å². The summed E-state index contributed by atoms with van der Waals surface area (Å²) in [5.41, 5.74) is 10.8. The van der Waals surface area contributed by atoms with Crippen molar-refractivity contribution in [2.75, 3.05) is 0 Å². The number of hydrogen-bond acceptors (Lipinski definition) is 3. The van der Waals surface area contributed by atoms with Crippen LogP contribution in [0, 0.1) is 0 Å². The monoisotopic (exact) mass is 665 g/mol. The van der Waals surface area contributed by atoms with Gasteiger partial charge >= 0.3 is 0 Å². The van der Waals surface area contributed by atoms with Gasteiger partial charge in [0.05, 0.1) is 16.6 Å². The van der Waals surface area contributed by atoms with E-state index in [9.17, 15) is 0 Å². The molecule has 5 nitrogen and oxygen atoms in total. The maximum atomic E-state index is 5.04. The van der Waals surface area contributed by atoms with Gasteiger partial charge < -0.3 is 9.13 Å². The fraction of sp³-hybridized carbons (Fsp3) is 0. The van der Waals surface area contributed by atoms with Crippen LogP contribution in [0.15, 0.2) is 188 Å². The van der Waals surface area contributed by atoms with Crippen LogP contribution in [-0.4, -0.2) is 24.1 Å². The van der Waals surface area contributed by atoms with Crippen molar-refractivity contribution in [3.05, 3.63) is 188 Å². The van der Waals surface area contributed by atoms with Crippen LogP contribution in [0.25, 0.3) is 89.4 Å². The molecule has 0 saturated carbocycles. The Morgan fingerprint density at radius 2 is 0.904 bits per heavy atom. The molecular formula is C47H31N5. The molecule has 0 N–H and O–H groups in total. The molecule has 7 aromatic carbocycles. The average Bonchev–Trinajstić information content (AvgIpc) is 3.81. The third-order valence-corrected chi connectivity index (χ3v) is 9.80. The van der Waals surface area contributed by atoms with E-state index in [0.29, 0.717) is 17.5 Å². The van der Waals surface area contributed by atoms with Gasteiger partial charge in [0.15, 0.2) is 17.5 Å². The van der Waals surface area contributed by atoms with E-state index < -0.39 is 0 Å². The molecule has 0 amide bonds. The van der Waals surface area contributed by atoms with Gasteiger partial charge in [0.25, 0.3) is 0 Å². The summed E-state index contributed by atoms with van der Waals surface area (Å²) in [4.78, 5) is 15.0. The zero-order valence-electron chi connectivity index (χ0n) is 28.1. The summed E-state index contributed by atoms with van der Waals surface area (Å²) in [6, 6.07) is 63.5. The number of rotatable bonds is 6. The van der Waals surface area contributed by atoms with Gasteiger partial charge in [-0.1, -0.05) is 146 Å². The lowest BCUT2D eigenvalue weighted by molar-refractivity contribution is 1.07. The molecule has 3 aromatic heterocycles. The predicted octanol–water partition coefficient (Wildman–Crippen LogP) is 11.6. The third kappa shape index (κ3) is 5.07. The first-order valence-electron chi connectivity index (χ1n) is 17.5. The summed E-state index contributed by atoms with van der Waals surface area (Å²) in [6.07, 6.45) is 2.18. The smallest absolute Gasteiger partial charge is 0.164 e. The second-order valence-electron chi connectivity index (χ2n) is 12.9. The van der Waals surface area contributed by atoms with Crippen LogP contribution in [0.4, 0.5) is 0 Å². The van der Waals surface area contributed by atoms with E-state index in [4.69, 9.17) is 15.0 Å². The maximum Gasteiger partial charge on any atom is 0.164 e. The van der Waals surface area contributed by atoms with Crippen molar-refractivity contribution in [2.24, 2.45) is 0 Å². The molecule has 0 bridgehead atoms. The van der Waals surface area contributed by atoms with Crippen LogP contribution >= 0.6 is 0 Å². The molecule has 0 aliphatic rings. The number of nitrogens with zero attached hydrogens (tertiary/aromatic N) is 5. The SMILES string of the molecule is c1ccc(-c2ccc(-n3ccc4ccc5c6ccccc6n(-c6cccc(-c7nc(-c8ccccc8)nc(-c8ccccc8)n7)c6)c5c43)cc2)cc1.